The highest BCUT2D eigenvalue weighted by Crippen LogP contribution is 2.24. The van der Waals surface area contributed by atoms with Crippen molar-refractivity contribution >= 4 is 21.6 Å². The Kier molecular flexibility index (Phi) is 5.71. The van der Waals surface area contributed by atoms with Crippen LogP contribution < -0.4 is 5.32 Å². The minimum absolute atomic E-state index is 0.201. The number of hydrogen-bond donors (Lipinski definition) is 1. The summed E-state index contributed by atoms with van der Waals surface area (Å²) in [5.74, 6) is -6.65. The quantitative estimate of drug-likeness (QED) is 0.614. The summed E-state index contributed by atoms with van der Waals surface area (Å²) in [6.45, 7) is 0.401. The molecule has 1 amide bonds. The van der Waals surface area contributed by atoms with Crippen LogP contribution in [0.25, 0.3) is 0 Å². The number of piperidine rings is 1. The molecule has 1 saturated heterocycles. The fraction of sp³-hybridized carbons (Fsp3) is 0.222. The van der Waals surface area contributed by atoms with Crippen LogP contribution in [0.3, 0.4) is 0 Å². The molecule has 0 spiro atoms. The summed E-state index contributed by atoms with van der Waals surface area (Å²) in [6.07, 6.45) is 2.98. The first kappa shape index (κ1) is 20.3. The maximum atomic E-state index is 14.2. The lowest BCUT2D eigenvalue weighted by atomic mass is 10.2. The molecule has 0 unspecified atom stereocenters. The van der Waals surface area contributed by atoms with Crippen molar-refractivity contribution in [1.82, 2.24) is 4.31 Å². The van der Waals surface area contributed by atoms with Gasteiger partial charge < -0.3 is 5.32 Å². The number of carbonyl (C=O) groups is 1. The molecule has 1 aliphatic rings. The summed E-state index contributed by atoms with van der Waals surface area (Å²) in [7, 11) is -4.15. The van der Waals surface area contributed by atoms with Gasteiger partial charge in [-0.25, -0.2) is 26.0 Å². The van der Waals surface area contributed by atoms with Gasteiger partial charge in [0, 0.05) is 36.5 Å². The number of carbonyl (C=O) groups excluding carboxylic acids is 1. The zero-order valence-electron chi connectivity index (χ0n) is 14.4. The lowest BCUT2D eigenvalue weighted by Crippen LogP contribution is -2.36. The molecule has 10 heteroatoms. The van der Waals surface area contributed by atoms with Crippen LogP contribution in [0.2, 0.25) is 0 Å². The summed E-state index contributed by atoms with van der Waals surface area (Å²) in [5, 5.41) is 2.12. The molecule has 1 heterocycles. The first-order chi connectivity index (χ1) is 13.2. The maximum Gasteiger partial charge on any atom is 0.255 e. The Hall–Kier alpha value is -2.46. The Balaban J connectivity index is 1.89. The van der Waals surface area contributed by atoms with Crippen LogP contribution in [0.4, 0.5) is 23.2 Å². The van der Waals surface area contributed by atoms with E-state index in [0.717, 1.165) is 22.5 Å². The summed E-state index contributed by atoms with van der Waals surface area (Å²) in [6, 6.07) is 3.85. The standard InChI is InChI=1S/C18H15F4N2O3S/c19-13-5-4-11(8-16(13)28(26,27)24-6-2-1-3-7-24)18(25)23-12-9-14(20)17(22)15(21)10-12/h1,4-5,8-10H,2-3,6-7H2,(H,23,25). The molecule has 1 fully saturated rings. The lowest BCUT2D eigenvalue weighted by Gasteiger charge is -2.26. The molecule has 0 aliphatic carbocycles. The van der Waals surface area contributed by atoms with Crippen molar-refractivity contribution in [2.24, 2.45) is 0 Å². The highest BCUT2D eigenvalue weighted by Gasteiger charge is 2.29. The van der Waals surface area contributed by atoms with Crippen molar-refractivity contribution in [3.63, 3.8) is 0 Å². The van der Waals surface area contributed by atoms with E-state index in [9.17, 15) is 30.8 Å². The average Bonchev–Trinajstić information content (AvgIpc) is 2.67. The molecule has 5 nitrogen and oxygen atoms in total. The van der Waals surface area contributed by atoms with Crippen molar-refractivity contribution in [2.45, 2.75) is 17.7 Å². The van der Waals surface area contributed by atoms with Crippen molar-refractivity contribution in [2.75, 3.05) is 18.4 Å². The van der Waals surface area contributed by atoms with Crippen molar-refractivity contribution in [1.29, 1.82) is 0 Å². The van der Waals surface area contributed by atoms with Gasteiger partial charge in [-0.15, -0.1) is 0 Å². The van der Waals surface area contributed by atoms with Crippen LogP contribution in [0.5, 0.6) is 0 Å². The lowest BCUT2D eigenvalue weighted by molar-refractivity contribution is 0.102. The van der Waals surface area contributed by atoms with Crippen LogP contribution in [0, 0.1) is 29.7 Å². The van der Waals surface area contributed by atoms with E-state index in [1.54, 1.807) is 0 Å². The van der Waals surface area contributed by atoms with E-state index in [0.29, 0.717) is 25.0 Å². The number of nitrogens with one attached hydrogen (secondary N) is 1. The van der Waals surface area contributed by atoms with Gasteiger partial charge in [0.2, 0.25) is 10.0 Å². The second kappa shape index (κ2) is 7.88. The Morgan fingerprint density at radius 2 is 1.54 bits per heavy atom. The highest BCUT2D eigenvalue weighted by atomic mass is 32.2. The first-order valence-electron chi connectivity index (χ1n) is 8.27. The third kappa shape index (κ3) is 4.02. The number of amides is 1. The Morgan fingerprint density at radius 1 is 0.929 bits per heavy atom. The third-order valence-corrected chi connectivity index (χ3v) is 6.13. The molecule has 0 bridgehead atoms. The number of anilines is 1. The number of hydrogen-bond acceptors (Lipinski definition) is 3. The molecule has 1 radical (unpaired) electrons. The van der Waals surface area contributed by atoms with Crippen LogP contribution >= 0.6 is 0 Å². The predicted octanol–water partition coefficient (Wildman–Crippen LogP) is 3.48. The molecule has 2 aromatic carbocycles. The summed E-state index contributed by atoms with van der Waals surface area (Å²) < 4.78 is 80.2. The second-order valence-corrected chi connectivity index (χ2v) is 8.03. The molecule has 28 heavy (non-hydrogen) atoms. The molecule has 149 valence electrons. The first-order valence-corrected chi connectivity index (χ1v) is 9.71. The van der Waals surface area contributed by atoms with Crippen LogP contribution in [-0.2, 0) is 10.0 Å². The molecule has 0 aromatic heterocycles. The van der Waals surface area contributed by atoms with Gasteiger partial charge in [-0.1, -0.05) is 0 Å². The van der Waals surface area contributed by atoms with Crippen molar-refractivity contribution in [3.05, 3.63) is 65.6 Å². The molecule has 1 aliphatic heterocycles. The van der Waals surface area contributed by atoms with E-state index in [1.807, 2.05) is 6.42 Å². The van der Waals surface area contributed by atoms with Gasteiger partial charge in [0.05, 0.1) is 0 Å². The maximum absolute atomic E-state index is 14.2. The predicted molar refractivity (Wildman–Crippen MR) is 93.0 cm³/mol. The number of halogens is 4. The van der Waals surface area contributed by atoms with Crippen LogP contribution in [-0.4, -0.2) is 31.7 Å². The smallest absolute Gasteiger partial charge is 0.255 e. The van der Waals surface area contributed by atoms with E-state index >= 15 is 0 Å². The van der Waals surface area contributed by atoms with Crippen LogP contribution in [0.15, 0.2) is 35.2 Å². The van der Waals surface area contributed by atoms with Gasteiger partial charge in [-0.2, -0.15) is 4.31 Å². The monoisotopic (exact) mass is 415 g/mol. The molecule has 2 aromatic rings. The van der Waals surface area contributed by atoms with Gasteiger partial charge in [-0.3, -0.25) is 4.79 Å². The van der Waals surface area contributed by atoms with Gasteiger partial charge in [-0.05, 0) is 37.5 Å². The molecule has 3 rings (SSSR count). The van der Waals surface area contributed by atoms with E-state index in [-0.39, 0.29) is 24.3 Å². The molecular formula is C18H15F4N2O3S. The normalized spacial score (nSPS) is 15.4. The van der Waals surface area contributed by atoms with Gasteiger partial charge in [0.1, 0.15) is 10.7 Å². The largest absolute Gasteiger partial charge is 0.322 e. The Bertz CT molecular complexity index is 998. The highest BCUT2D eigenvalue weighted by molar-refractivity contribution is 7.89. The van der Waals surface area contributed by atoms with Gasteiger partial charge in [0.25, 0.3) is 5.91 Å². The molecule has 1 N–H and O–H groups in total. The number of rotatable bonds is 4. The topological polar surface area (TPSA) is 66.5 Å². The zero-order chi connectivity index (χ0) is 20.5. The summed E-state index contributed by atoms with van der Waals surface area (Å²) >= 11 is 0. The number of nitrogens with zero attached hydrogens (tertiary/aromatic N) is 1. The average molecular weight is 415 g/mol. The van der Waals surface area contributed by atoms with Crippen LogP contribution in [0.1, 0.15) is 23.2 Å². The van der Waals surface area contributed by atoms with E-state index in [1.165, 1.54) is 0 Å². The Labute approximate surface area is 159 Å². The third-order valence-electron chi connectivity index (χ3n) is 4.22. The van der Waals surface area contributed by atoms with Crippen molar-refractivity contribution in [3.8, 4) is 0 Å². The minimum atomic E-state index is -4.15. The molecule has 0 saturated carbocycles. The molecule has 0 atom stereocenters. The number of sulfonamides is 1. The fourth-order valence-corrected chi connectivity index (χ4v) is 4.34. The fourth-order valence-electron chi connectivity index (χ4n) is 2.78. The van der Waals surface area contributed by atoms with Crippen molar-refractivity contribution < 1.29 is 30.8 Å². The summed E-state index contributed by atoms with van der Waals surface area (Å²) in [4.78, 5) is 11.6. The molecular weight excluding hydrogens is 400 g/mol. The van der Waals surface area contributed by atoms with E-state index in [2.05, 4.69) is 5.32 Å². The van der Waals surface area contributed by atoms with E-state index < -0.39 is 44.1 Å². The van der Waals surface area contributed by atoms with Gasteiger partial charge >= 0.3 is 0 Å². The number of benzene rings is 2. The zero-order valence-corrected chi connectivity index (χ0v) is 15.2. The summed E-state index contributed by atoms with van der Waals surface area (Å²) in [5.41, 5.74) is -0.615. The Morgan fingerprint density at radius 3 is 2.14 bits per heavy atom. The second-order valence-electron chi connectivity index (χ2n) is 6.12. The minimum Gasteiger partial charge on any atom is -0.322 e. The SMILES string of the molecule is O=C(Nc1cc(F)c(F)c(F)c1)c1ccc(F)c(S(=O)(=O)N2CC[CH]CC2)c1. The van der Waals surface area contributed by atoms with Gasteiger partial charge in [0.15, 0.2) is 17.5 Å². The van der Waals surface area contributed by atoms with E-state index in [4.69, 9.17) is 0 Å².